The van der Waals surface area contributed by atoms with E-state index in [9.17, 15) is 9.18 Å². The predicted octanol–water partition coefficient (Wildman–Crippen LogP) is 3.68. The summed E-state index contributed by atoms with van der Waals surface area (Å²) in [5.41, 5.74) is 1.00. The first-order chi connectivity index (χ1) is 6.56. The van der Waals surface area contributed by atoms with Gasteiger partial charge in [-0.25, -0.2) is 4.39 Å². The third kappa shape index (κ3) is 2.46. The SMILES string of the molecule is CC(=O)C(Cl)c1ccc(CF)cc1Cl. The normalized spacial score (nSPS) is 12.6. The summed E-state index contributed by atoms with van der Waals surface area (Å²) >= 11 is 11.7. The zero-order valence-corrected chi connectivity index (χ0v) is 9.07. The Balaban J connectivity index is 3.05. The molecule has 0 heterocycles. The van der Waals surface area contributed by atoms with Crippen LogP contribution in [0.2, 0.25) is 5.02 Å². The summed E-state index contributed by atoms with van der Waals surface area (Å²) in [6.07, 6.45) is 0. The smallest absolute Gasteiger partial charge is 0.152 e. The minimum absolute atomic E-state index is 0.179. The molecule has 1 aromatic rings. The Labute approximate surface area is 91.8 Å². The molecule has 0 saturated carbocycles. The minimum Gasteiger partial charge on any atom is -0.298 e. The van der Waals surface area contributed by atoms with Crippen LogP contribution in [0.25, 0.3) is 0 Å². The Morgan fingerprint density at radius 2 is 2.21 bits per heavy atom. The zero-order chi connectivity index (χ0) is 10.7. The molecule has 0 fully saturated rings. The maximum absolute atomic E-state index is 12.2. The van der Waals surface area contributed by atoms with Gasteiger partial charge in [0.1, 0.15) is 12.1 Å². The average molecular weight is 235 g/mol. The lowest BCUT2D eigenvalue weighted by Gasteiger charge is -2.08. The van der Waals surface area contributed by atoms with E-state index in [1.165, 1.54) is 13.0 Å². The molecule has 0 aromatic heterocycles. The standard InChI is InChI=1S/C10H9Cl2FO/c1-6(14)10(12)8-3-2-7(5-13)4-9(8)11/h2-4,10H,5H2,1H3. The predicted molar refractivity (Wildman–Crippen MR) is 55.5 cm³/mol. The van der Waals surface area contributed by atoms with Gasteiger partial charge >= 0.3 is 0 Å². The molecule has 0 bridgehead atoms. The summed E-state index contributed by atoms with van der Waals surface area (Å²) in [6, 6.07) is 4.63. The van der Waals surface area contributed by atoms with Gasteiger partial charge in [-0.2, -0.15) is 0 Å². The molecule has 0 amide bonds. The van der Waals surface area contributed by atoms with E-state index in [0.717, 1.165) is 0 Å². The van der Waals surface area contributed by atoms with E-state index >= 15 is 0 Å². The van der Waals surface area contributed by atoms with E-state index in [4.69, 9.17) is 23.2 Å². The second-order valence-electron chi connectivity index (χ2n) is 2.96. The van der Waals surface area contributed by atoms with E-state index in [0.29, 0.717) is 16.1 Å². The van der Waals surface area contributed by atoms with Gasteiger partial charge in [-0.15, -0.1) is 11.6 Å². The molecule has 0 aliphatic carbocycles. The van der Waals surface area contributed by atoms with Gasteiger partial charge in [-0.3, -0.25) is 4.79 Å². The first-order valence-corrected chi connectivity index (χ1v) is 4.86. The number of hydrogen-bond acceptors (Lipinski definition) is 1. The molecule has 1 nitrogen and oxygen atoms in total. The van der Waals surface area contributed by atoms with Crippen molar-refractivity contribution in [3.63, 3.8) is 0 Å². The van der Waals surface area contributed by atoms with Crippen LogP contribution in [0, 0.1) is 0 Å². The first-order valence-electron chi connectivity index (χ1n) is 4.05. The zero-order valence-electron chi connectivity index (χ0n) is 7.56. The van der Waals surface area contributed by atoms with Crippen LogP contribution in [0.1, 0.15) is 23.4 Å². The molecule has 0 aliphatic heterocycles. The van der Waals surface area contributed by atoms with E-state index in [-0.39, 0.29) is 5.78 Å². The van der Waals surface area contributed by atoms with Gasteiger partial charge in [0.15, 0.2) is 5.78 Å². The van der Waals surface area contributed by atoms with Crippen LogP contribution in [0.4, 0.5) is 4.39 Å². The number of alkyl halides is 2. The lowest BCUT2D eigenvalue weighted by Crippen LogP contribution is -2.02. The number of ketones is 1. The van der Waals surface area contributed by atoms with Crippen molar-refractivity contribution in [3.05, 3.63) is 34.3 Å². The van der Waals surface area contributed by atoms with Crippen LogP contribution < -0.4 is 0 Å². The number of carbonyl (C=O) groups is 1. The van der Waals surface area contributed by atoms with E-state index in [1.807, 2.05) is 0 Å². The highest BCUT2D eigenvalue weighted by atomic mass is 35.5. The van der Waals surface area contributed by atoms with Crippen LogP contribution in [0.5, 0.6) is 0 Å². The van der Waals surface area contributed by atoms with Crippen molar-refractivity contribution < 1.29 is 9.18 Å². The van der Waals surface area contributed by atoms with Gasteiger partial charge in [0.05, 0.1) is 0 Å². The molecule has 1 unspecified atom stereocenters. The molecule has 0 spiro atoms. The Morgan fingerprint density at radius 3 is 2.64 bits per heavy atom. The van der Waals surface area contributed by atoms with Crippen LogP contribution in [0.15, 0.2) is 18.2 Å². The highest BCUT2D eigenvalue weighted by Crippen LogP contribution is 2.29. The van der Waals surface area contributed by atoms with Crippen molar-refractivity contribution >= 4 is 29.0 Å². The Bertz CT molecular complexity index is 352. The van der Waals surface area contributed by atoms with Crippen LogP contribution >= 0.6 is 23.2 Å². The fraction of sp³-hybridized carbons (Fsp3) is 0.300. The fourth-order valence-electron chi connectivity index (χ4n) is 1.08. The molecule has 4 heteroatoms. The van der Waals surface area contributed by atoms with Crippen molar-refractivity contribution in [2.75, 3.05) is 0 Å². The van der Waals surface area contributed by atoms with Crippen LogP contribution in [-0.4, -0.2) is 5.78 Å². The Kier molecular flexibility index (Phi) is 3.90. The second kappa shape index (κ2) is 4.76. The minimum atomic E-state index is -0.754. The molecule has 0 N–H and O–H groups in total. The largest absolute Gasteiger partial charge is 0.298 e. The molecule has 1 rings (SSSR count). The summed E-state index contributed by atoms with van der Waals surface area (Å²) in [5, 5.41) is -0.425. The number of Topliss-reactive ketones (excluding diaryl/α,β-unsaturated/α-hetero) is 1. The van der Waals surface area contributed by atoms with Crippen molar-refractivity contribution in [2.24, 2.45) is 0 Å². The van der Waals surface area contributed by atoms with Crippen molar-refractivity contribution in [2.45, 2.75) is 19.0 Å². The molecule has 76 valence electrons. The van der Waals surface area contributed by atoms with Crippen LogP contribution in [0.3, 0.4) is 0 Å². The summed E-state index contributed by atoms with van der Waals surface area (Å²) < 4.78 is 12.2. The third-order valence-electron chi connectivity index (χ3n) is 1.85. The molecule has 0 radical (unpaired) electrons. The van der Waals surface area contributed by atoms with Crippen molar-refractivity contribution in [3.8, 4) is 0 Å². The maximum atomic E-state index is 12.2. The average Bonchev–Trinajstić information content (AvgIpc) is 2.16. The Hall–Kier alpha value is -0.600. The van der Waals surface area contributed by atoms with Gasteiger partial charge in [0.2, 0.25) is 0 Å². The molecular weight excluding hydrogens is 226 g/mol. The van der Waals surface area contributed by atoms with E-state index in [1.54, 1.807) is 12.1 Å². The molecule has 1 aromatic carbocycles. The monoisotopic (exact) mass is 234 g/mol. The topological polar surface area (TPSA) is 17.1 Å². The van der Waals surface area contributed by atoms with Crippen molar-refractivity contribution in [1.82, 2.24) is 0 Å². The summed E-state index contributed by atoms with van der Waals surface area (Å²) in [6.45, 7) is 0.810. The molecular formula is C10H9Cl2FO. The lowest BCUT2D eigenvalue weighted by molar-refractivity contribution is -0.116. The first kappa shape index (κ1) is 11.5. The van der Waals surface area contributed by atoms with Crippen LogP contribution in [-0.2, 0) is 11.5 Å². The number of carbonyl (C=O) groups excluding carboxylic acids is 1. The molecule has 14 heavy (non-hydrogen) atoms. The van der Waals surface area contributed by atoms with Gasteiger partial charge in [-0.1, -0.05) is 23.7 Å². The maximum Gasteiger partial charge on any atom is 0.152 e. The van der Waals surface area contributed by atoms with Crippen molar-refractivity contribution in [1.29, 1.82) is 0 Å². The summed E-state index contributed by atoms with van der Waals surface area (Å²) in [4.78, 5) is 11.0. The second-order valence-corrected chi connectivity index (χ2v) is 3.81. The van der Waals surface area contributed by atoms with Gasteiger partial charge in [0.25, 0.3) is 0 Å². The van der Waals surface area contributed by atoms with E-state index < -0.39 is 12.1 Å². The molecule has 1 atom stereocenters. The highest BCUT2D eigenvalue weighted by Gasteiger charge is 2.16. The van der Waals surface area contributed by atoms with Gasteiger partial charge < -0.3 is 0 Å². The lowest BCUT2D eigenvalue weighted by atomic mass is 10.1. The molecule has 0 aliphatic rings. The number of halogens is 3. The number of rotatable bonds is 3. The van der Waals surface area contributed by atoms with Gasteiger partial charge in [0, 0.05) is 5.02 Å². The van der Waals surface area contributed by atoms with E-state index in [2.05, 4.69) is 0 Å². The van der Waals surface area contributed by atoms with Gasteiger partial charge in [-0.05, 0) is 24.1 Å². The third-order valence-corrected chi connectivity index (χ3v) is 2.72. The summed E-state index contributed by atoms with van der Waals surface area (Å²) in [5.74, 6) is -0.179. The summed E-state index contributed by atoms with van der Waals surface area (Å²) in [7, 11) is 0. The fourth-order valence-corrected chi connectivity index (χ4v) is 1.64. The quantitative estimate of drug-likeness (QED) is 0.730. The number of hydrogen-bond donors (Lipinski definition) is 0. The molecule has 0 saturated heterocycles. The Morgan fingerprint density at radius 1 is 1.57 bits per heavy atom. The number of benzene rings is 1. The highest BCUT2D eigenvalue weighted by molar-refractivity contribution is 6.35.